The first kappa shape index (κ1) is 21.8. The molecule has 0 spiro atoms. The second-order valence-electron chi connectivity index (χ2n) is 9.00. The minimum absolute atomic E-state index is 0.0706. The van der Waals surface area contributed by atoms with Crippen molar-refractivity contribution in [3.63, 3.8) is 0 Å². The molecule has 170 valence electrons. The van der Waals surface area contributed by atoms with Gasteiger partial charge in [-0.3, -0.25) is 9.36 Å². The molecule has 1 N–H and O–H groups in total. The summed E-state index contributed by atoms with van der Waals surface area (Å²) in [6.45, 7) is 3.66. The maximum absolute atomic E-state index is 13.0. The van der Waals surface area contributed by atoms with Gasteiger partial charge in [0.15, 0.2) is 0 Å². The van der Waals surface area contributed by atoms with Crippen LogP contribution in [0.15, 0.2) is 41.5 Å². The van der Waals surface area contributed by atoms with Gasteiger partial charge < -0.3 is 14.8 Å². The number of methoxy groups -OCH3 is 1. The van der Waals surface area contributed by atoms with Crippen molar-refractivity contribution in [3.05, 3.63) is 63.0 Å². The molecular formula is C25H31N3O3S. The minimum atomic E-state index is 0.0706. The summed E-state index contributed by atoms with van der Waals surface area (Å²) in [7, 11) is 1.65. The average molecular weight is 454 g/mol. The molecule has 3 heterocycles. The highest BCUT2D eigenvalue weighted by atomic mass is 32.1. The molecule has 32 heavy (non-hydrogen) atoms. The van der Waals surface area contributed by atoms with E-state index < -0.39 is 0 Å². The summed E-state index contributed by atoms with van der Waals surface area (Å²) in [5, 5.41) is 4.73. The second kappa shape index (κ2) is 9.43. The summed E-state index contributed by atoms with van der Waals surface area (Å²) >= 11 is 1.69. The van der Waals surface area contributed by atoms with Crippen molar-refractivity contribution in [2.45, 2.75) is 50.1 Å². The van der Waals surface area contributed by atoms with E-state index in [1.165, 1.54) is 16.0 Å². The predicted molar refractivity (Wildman–Crippen MR) is 128 cm³/mol. The summed E-state index contributed by atoms with van der Waals surface area (Å²) in [5.74, 6) is 0. The minimum Gasteiger partial charge on any atom is -0.383 e. The molecule has 6 nitrogen and oxygen atoms in total. The molecule has 1 unspecified atom stereocenters. The molecule has 0 radical (unpaired) electrons. The maximum atomic E-state index is 13.0. The van der Waals surface area contributed by atoms with Gasteiger partial charge in [-0.15, -0.1) is 11.3 Å². The normalized spacial score (nSPS) is 20.3. The fourth-order valence-corrected chi connectivity index (χ4v) is 6.44. The molecule has 1 saturated heterocycles. The van der Waals surface area contributed by atoms with Gasteiger partial charge in [-0.2, -0.15) is 0 Å². The molecule has 0 amide bonds. The summed E-state index contributed by atoms with van der Waals surface area (Å²) < 4.78 is 12.5. The maximum Gasteiger partial charge on any atom is 0.262 e. The molecule has 1 atom stereocenters. The van der Waals surface area contributed by atoms with Crippen LogP contribution < -0.4 is 10.9 Å². The Bertz CT molecular complexity index is 1120. The van der Waals surface area contributed by atoms with Gasteiger partial charge in [0.05, 0.1) is 24.9 Å². The van der Waals surface area contributed by atoms with Crippen molar-refractivity contribution >= 4 is 21.6 Å². The van der Waals surface area contributed by atoms with Crippen molar-refractivity contribution in [3.8, 4) is 0 Å². The molecule has 1 aromatic carbocycles. The van der Waals surface area contributed by atoms with Gasteiger partial charge in [0.25, 0.3) is 5.56 Å². The first-order valence-corrected chi connectivity index (χ1v) is 12.4. The van der Waals surface area contributed by atoms with E-state index in [1.54, 1.807) is 29.3 Å². The van der Waals surface area contributed by atoms with Crippen LogP contribution in [-0.2, 0) is 34.3 Å². The number of nitrogens with zero attached hydrogens (tertiary/aromatic N) is 2. The lowest BCUT2D eigenvalue weighted by Gasteiger charge is -2.39. The van der Waals surface area contributed by atoms with Crippen molar-refractivity contribution in [1.29, 1.82) is 0 Å². The zero-order chi connectivity index (χ0) is 22.0. The van der Waals surface area contributed by atoms with Crippen LogP contribution in [0.2, 0.25) is 0 Å². The number of ether oxygens (including phenoxy) is 2. The van der Waals surface area contributed by atoms with E-state index in [4.69, 9.17) is 9.47 Å². The van der Waals surface area contributed by atoms with E-state index >= 15 is 0 Å². The first-order valence-electron chi connectivity index (χ1n) is 11.6. The molecular weight excluding hydrogens is 422 g/mol. The van der Waals surface area contributed by atoms with E-state index in [0.29, 0.717) is 19.2 Å². The molecule has 0 bridgehead atoms. The van der Waals surface area contributed by atoms with Gasteiger partial charge in [0.2, 0.25) is 0 Å². The Morgan fingerprint density at radius 3 is 2.88 bits per heavy atom. The highest BCUT2D eigenvalue weighted by Crippen LogP contribution is 2.36. The summed E-state index contributed by atoms with van der Waals surface area (Å²) in [4.78, 5) is 19.8. The van der Waals surface area contributed by atoms with Gasteiger partial charge in [0.1, 0.15) is 4.83 Å². The Balaban J connectivity index is 1.34. The summed E-state index contributed by atoms with van der Waals surface area (Å²) in [6, 6.07) is 11.3. The molecule has 0 saturated carbocycles. The Labute approximate surface area is 192 Å². The van der Waals surface area contributed by atoms with E-state index in [2.05, 4.69) is 40.6 Å². The largest absolute Gasteiger partial charge is 0.383 e. The summed E-state index contributed by atoms with van der Waals surface area (Å²) in [6.07, 6.45) is 6.71. The molecule has 7 heteroatoms. The molecule has 1 aliphatic carbocycles. The second-order valence-corrected chi connectivity index (χ2v) is 10.1. The number of hydrogen-bond acceptors (Lipinski definition) is 6. The highest BCUT2D eigenvalue weighted by molar-refractivity contribution is 7.18. The molecule has 1 aliphatic heterocycles. The van der Waals surface area contributed by atoms with Gasteiger partial charge in [-0.25, -0.2) is 4.98 Å². The van der Waals surface area contributed by atoms with Crippen LogP contribution in [0.1, 0.15) is 35.3 Å². The van der Waals surface area contributed by atoms with Crippen LogP contribution in [-0.4, -0.2) is 49.1 Å². The lowest BCUT2D eigenvalue weighted by atomic mass is 9.74. The number of hydrogen-bond donors (Lipinski definition) is 1. The van der Waals surface area contributed by atoms with E-state index in [-0.39, 0.29) is 11.0 Å². The van der Waals surface area contributed by atoms with E-state index in [0.717, 1.165) is 62.1 Å². The standard InChI is InChI=1S/C25H31N3O3S/c1-30-14-11-28-17-27-23-22(24(28)29)20-8-7-19(15-21(20)32-23)26-16-25(9-12-31-13-10-25)18-5-3-2-4-6-18/h2-6,17,19,26H,7-16H2,1H3. The van der Waals surface area contributed by atoms with E-state index in [1.807, 2.05) is 0 Å². The Hall–Kier alpha value is -2.06. The number of thiophene rings is 1. The fourth-order valence-electron chi connectivity index (χ4n) is 5.19. The Morgan fingerprint density at radius 1 is 1.28 bits per heavy atom. The van der Waals surface area contributed by atoms with Crippen LogP contribution >= 0.6 is 11.3 Å². The third kappa shape index (κ3) is 4.15. The van der Waals surface area contributed by atoms with Gasteiger partial charge >= 0.3 is 0 Å². The molecule has 2 aromatic heterocycles. The molecule has 1 fully saturated rings. The number of aryl methyl sites for hydroxylation is 1. The van der Waals surface area contributed by atoms with Crippen LogP contribution in [0.3, 0.4) is 0 Å². The lowest BCUT2D eigenvalue weighted by molar-refractivity contribution is 0.0487. The highest BCUT2D eigenvalue weighted by Gasteiger charge is 2.35. The first-order chi connectivity index (χ1) is 15.7. The monoisotopic (exact) mass is 453 g/mol. The number of nitrogens with one attached hydrogen (secondary N) is 1. The quantitative estimate of drug-likeness (QED) is 0.595. The van der Waals surface area contributed by atoms with E-state index in [9.17, 15) is 4.79 Å². The van der Waals surface area contributed by atoms with Gasteiger partial charge in [-0.05, 0) is 43.2 Å². The van der Waals surface area contributed by atoms with Crippen LogP contribution in [0.4, 0.5) is 0 Å². The average Bonchev–Trinajstić information content (AvgIpc) is 3.22. The lowest BCUT2D eigenvalue weighted by Crippen LogP contribution is -2.47. The Kier molecular flexibility index (Phi) is 6.42. The zero-order valence-electron chi connectivity index (χ0n) is 18.6. The number of benzene rings is 1. The summed E-state index contributed by atoms with van der Waals surface area (Å²) in [5.41, 5.74) is 2.84. The van der Waals surface area contributed by atoms with Crippen LogP contribution in [0, 0.1) is 0 Å². The SMILES string of the molecule is COCCn1cnc2sc3c(c2c1=O)CCC(NCC1(c2ccccc2)CCOCC1)C3. The number of aromatic nitrogens is 2. The molecule has 5 rings (SSSR count). The van der Waals surface area contributed by atoms with Gasteiger partial charge in [0, 0.05) is 43.2 Å². The van der Waals surface area contributed by atoms with Crippen LogP contribution in [0.25, 0.3) is 10.2 Å². The topological polar surface area (TPSA) is 65.4 Å². The van der Waals surface area contributed by atoms with Crippen molar-refractivity contribution < 1.29 is 9.47 Å². The van der Waals surface area contributed by atoms with Gasteiger partial charge in [-0.1, -0.05) is 30.3 Å². The molecule has 3 aromatic rings. The Morgan fingerprint density at radius 2 is 2.09 bits per heavy atom. The zero-order valence-corrected chi connectivity index (χ0v) is 19.5. The third-order valence-corrected chi connectivity index (χ3v) is 8.30. The van der Waals surface area contributed by atoms with Crippen LogP contribution in [0.5, 0.6) is 0 Å². The fraction of sp³-hybridized carbons (Fsp3) is 0.520. The van der Waals surface area contributed by atoms with Crippen molar-refractivity contribution in [2.24, 2.45) is 0 Å². The van der Waals surface area contributed by atoms with Crippen molar-refractivity contribution in [1.82, 2.24) is 14.9 Å². The number of fused-ring (bicyclic) bond motifs is 3. The third-order valence-electron chi connectivity index (χ3n) is 7.14. The smallest absolute Gasteiger partial charge is 0.262 e. The predicted octanol–water partition coefficient (Wildman–Crippen LogP) is 3.30. The molecule has 2 aliphatic rings. The van der Waals surface area contributed by atoms with Crippen molar-refractivity contribution in [2.75, 3.05) is 33.5 Å². The number of rotatable bonds is 7.